The van der Waals surface area contributed by atoms with Gasteiger partial charge in [-0.2, -0.15) is 26.3 Å². The summed E-state index contributed by atoms with van der Waals surface area (Å²) >= 11 is 5.73. The SMILES string of the molecule is COC(=O)c1cc(CO[Si](C)(C)C(C)(C)C)cc(NC(=S)CCC2Cc3cc(OCc4ccccc4)ccc3N2C(=O)COc2cc(C(F)(F)F)cc(C(F)(F)F)c2)c1. The quantitative estimate of drug-likeness (QED) is 0.0581. The van der Waals surface area contributed by atoms with Crippen molar-refractivity contribution in [2.24, 2.45) is 0 Å². The molecule has 1 aliphatic rings. The number of amides is 1. The smallest absolute Gasteiger partial charge is 0.416 e. The molecule has 0 fully saturated rings. The molecule has 1 atom stereocenters. The van der Waals surface area contributed by atoms with Crippen LogP contribution in [0.3, 0.4) is 0 Å². The summed E-state index contributed by atoms with van der Waals surface area (Å²) in [6, 6.07) is 20.1. The van der Waals surface area contributed by atoms with Gasteiger partial charge < -0.3 is 28.9 Å². The van der Waals surface area contributed by atoms with E-state index in [1.807, 2.05) is 36.4 Å². The summed E-state index contributed by atoms with van der Waals surface area (Å²) < 4.78 is 104. The fourth-order valence-electron chi connectivity index (χ4n) is 6.21. The van der Waals surface area contributed by atoms with E-state index < -0.39 is 62.1 Å². The first-order valence-electron chi connectivity index (χ1n) is 18.7. The average molecular weight is 861 g/mol. The number of benzene rings is 4. The molecule has 0 saturated heterocycles. The van der Waals surface area contributed by atoms with Crippen molar-refractivity contribution in [3.05, 3.63) is 118 Å². The van der Waals surface area contributed by atoms with E-state index in [0.717, 1.165) is 16.7 Å². The number of nitrogens with one attached hydrogen (secondary N) is 1. The highest BCUT2D eigenvalue weighted by Gasteiger charge is 2.39. The average Bonchev–Trinajstić information content (AvgIpc) is 3.54. The van der Waals surface area contributed by atoms with Gasteiger partial charge in [0.15, 0.2) is 14.9 Å². The Balaban J connectivity index is 1.35. The van der Waals surface area contributed by atoms with Crippen molar-refractivity contribution in [3.8, 4) is 11.5 Å². The zero-order valence-corrected chi connectivity index (χ0v) is 35.3. The molecule has 59 heavy (non-hydrogen) atoms. The first-order valence-corrected chi connectivity index (χ1v) is 22.1. The van der Waals surface area contributed by atoms with Crippen LogP contribution in [0.2, 0.25) is 18.1 Å². The van der Waals surface area contributed by atoms with Crippen LogP contribution in [-0.4, -0.2) is 44.9 Å². The van der Waals surface area contributed by atoms with Gasteiger partial charge in [0.05, 0.1) is 35.4 Å². The third-order valence-corrected chi connectivity index (χ3v) is 15.2. The third kappa shape index (κ3) is 11.8. The van der Waals surface area contributed by atoms with Crippen LogP contribution in [0, 0.1) is 0 Å². The van der Waals surface area contributed by atoms with E-state index in [9.17, 15) is 35.9 Å². The summed E-state index contributed by atoms with van der Waals surface area (Å²) in [4.78, 5) is 28.3. The lowest BCUT2D eigenvalue weighted by molar-refractivity contribution is -0.143. The van der Waals surface area contributed by atoms with Crippen LogP contribution in [0.25, 0.3) is 0 Å². The van der Waals surface area contributed by atoms with E-state index in [1.54, 1.807) is 30.3 Å². The second-order valence-corrected chi connectivity index (χ2v) is 21.1. The Bertz CT molecular complexity index is 2130. The largest absolute Gasteiger partial charge is 0.489 e. The number of nitrogens with zero attached hydrogens (tertiary/aromatic N) is 1. The van der Waals surface area contributed by atoms with Crippen molar-refractivity contribution in [2.75, 3.05) is 23.9 Å². The van der Waals surface area contributed by atoms with Crippen LogP contribution in [0.15, 0.2) is 84.9 Å². The van der Waals surface area contributed by atoms with Crippen molar-refractivity contribution < 1.29 is 54.6 Å². The highest BCUT2D eigenvalue weighted by atomic mass is 32.1. The number of anilines is 2. The maximum atomic E-state index is 13.9. The number of ether oxygens (including phenoxy) is 3. The van der Waals surface area contributed by atoms with Gasteiger partial charge in [-0.1, -0.05) is 63.3 Å². The summed E-state index contributed by atoms with van der Waals surface area (Å²) in [5, 5.41) is 3.15. The zero-order chi connectivity index (χ0) is 43.3. The van der Waals surface area contributed by atoms with Crippen molar-refractivity contribution in [1.82, 2.24) is 0 Å². The van der Waals surface area contributed by atoms with Crippen LogP contribution in [0.4, 0.5) is 37.7 Å². The van der Waals surface area contributed by atoms with E-state index in [-0.39, 0.29) is 30.7 Å². The van der Waals surface area contributed by atoms with E-state index in [4.69, 9.17) is 30.9 Å². The lowest BCUT2D eigenvalue weighted by Crippen LogP contribution is -2.41. The number of halogens is 6. The number of hydrogen-bond acceptors (Lipinski definition) is 7. The summed E-state index contributed by atoms with van der Waals surface area (Å²) in [5.41, 5.74) is 0.616. The molecule has 1 N–H and O–H groups in total. The topological polar surface area (TPSA) is 86.3 Å². The molecular formula is C43H46F6N2O6SSi. The van der Waals surface area contributed by atoms with Gasteiger partial charge in [-0.15, -0.1) is 0 Å². The molecule has 0 saturated carbocycles. The van der Waals surface area contributed by atoms with E-state index >= 15 is 0 Å². The van der Waals surface area contributed by atoms with Gasteiger partial charge >= 0.3 is 18.3 Å². The third-order valence-electron chi connectivity index (χ3n) is 10.4. The molecule has 0 aromatic heterocycles. The lowest BCUT2D eigenvalue weighted by atomic mass is 10.1. The Hall–Kier alpha value is -4.93. The second kappa shape index (κ2) is 18.1. The minimum absolute atomic E-state index is 0.00850. The number of carbonyl (C=O) groups excluding carboxylic acids is 2. The Morgan fingerprint density at radius 3 is 2.08 bits per heavy atom. The first-order chi connectivity index (χ1) is 27.5. The molecule has 4 aromatic carbocycles. The summed E-state index contributed by atoms with van der Waals surface area (Å²) in [5.74, 6) is -1.44. The molecule has 16 heteroatoms. The molecule has 316 valence electrons. The standard InChI is InChI=1S/C43H46F6N2O6SSi/c1-41(2,3)59(5,6)57-25-28-16-30(40(53)54-4)18-33(17-28)50-38(58)15-12-34-19-29-20-35(55-24-27-10-8-7-9-11-27)13-14-37(29)51(34)39(52)26-56-36-22-31(42(44,45)46)21-32(23-36)43(47,48)49/h7-11,13-14,16-18,20-23,34H,12,15,19,24-26H2,1-6H3,(H,50,58). The highest BCUT2D eigenvalue weighted by molar-refractivity contribution is 7.80. The van der Waals surface area contributed by atoms with Crippen LogP contribution < -0.4 is 19.7 Å². The van der Waals surface area contributed by atoms with Crippen LogP contribution >= 0.6 is 12.2 Å². The van der Waals surface area contributed by atoms with Crippen LogP contribution in [0.1, 0.15) is 71.8 Å². The summed E-state index contributed by atoms with van der Waals surface area (Å²) in [6.45, 7) is 10.3. The van der Waals surface area contributed by atoms with Gasteiger partial charge in [-0.3, -0.25) is 4.79 Å². The predicted octanol–water partition coefficient (Wildman–Crippen LogP) is 11.2. The van der Waals surface area contributed by atoms with Gasteiger partial charge in [0.2, 0.25) is 0 Å². The summed E-state index contributed by atoms with van der Waals surface area (Å²) in [7, 11) is -0.846. The molecule has 4 aromatic rings. The minimum atomic E-state index is -5.09. The molecule has 0 bridgehead atoms. The number of esters is 1. The summed E-state index contributed by atoms with van der Waals surface area (Å²) in [6.07, 6.45) is -9.25. The number of methoxy groups -OCH3 is 1. The van der Waals surface area contributed by atoms with Gasteiger partial charge in [-0.25, -0.2) is 4.79 Å². The van der Waals surface area contributed by atoms with E-state index in [0.29, 0.717) is 52.7 Å². The molecule has 0 radical (unpaired) electrons. The zero-order valence-electron chi connectivity index (χ0n) is 33.5. The fourth-order valence-corrected chi connectivity index (χ4v) is 7.41. The maximum Gasteiger partial charge on any atom is 0.416 e. The molecule has 1 amide bonds. The molecule has 0 aliphatic carbocycles. The number of thiocarbonyl (C=S) groups is 1. The maximum absolute atomic E-state index is 13.9. The van der Waals surface area contributed by atoms with Gasteiger partial charge in [-0.05, 0) is 102 Å². The fraction of sp³-hybridized carbons (Fsp3) is 0.372. The molecule has 1 aliphatic heterocycles. The Kier molecular flexibility index (Phi) is 13.9. The number of rotatable bonds is 14. The van der Waals surface area contributed by atoms with Gasteiger partial charge in [0.25, 0.3) is 5.91 Å². The monoisotopic (exact) mass is 860 g/mol. The Morgan fingerprint density at radius 1 is 0.814 bits per heavy atom. The Morgan fingerprint density at radius 2 is 1.47 bits per heavy atom. The van der Waals surface area contributed by atoms with Crippen molar-refractivity contribution in [2.45, 2.75) is 89.8 Å². The van der Waals surface area contributed by atoms with E-state index in [1.165, 1.54) is 12.0 Å². The van der Waals surface area contributed by atoms with Crippen LogP contribution in [-0.2, 0) is 45.9 Å². The second-order valence-electron chi connectivity index (χ2n) is 15.8. The number of hydrogen-bond donors (Lipinski definition) is 1. The number of fused-ring (bicyclic) bond motifs is 1. The molecule has 8 nitrogen and oxygen atoms in total. The van der Waals surface area contributed by atoms with Crippen molar-refractivity contribution in [3.63, 3.8) is 0 Å². The predicted molar refractivity (Wildman–Crippen MR) is 219 cm³/mol. The normalized spacial score (nSPS) is 14.4. The van der Waals surface area contributed by atoms with Gasteiger partial charge in [0.1, 0.15) is 18.1 Å². The first kappa shape index (κ1) is 45.2. The minimum Gasteiger partial charge on any atom is -0.489 e. The molecule has 1 unspecified atom stereocenters. The number of alkyl halides is 6. The molecular weight excluding hydrogens is 815 g/mol. The van der Waals surface area contributed by atoms with Crippen LogP contribution in [0.5, 0.6) is 11.5 Å². The molecule has 5 rings (SSSR count). The van der Waals surface area contributed by atoms with E-state index in [2.05, 4.69) is 39.2 Å². The molecule has 0 spiro atoms. The van der Waals surface area contributed by atoms with Gasteiger partial charge in [0, 0.05) is 23.8 Å². The lowest BCUT2D eigenvalue weighted by Gasteiger charge is -2.36. The number of carbonyl (C=O) groups is 2. The van der Waals surface area contributed by atoms with Crippen molar-refractivity contribution in [1.29, 1.82) is 0 Å². The highest BCUT2D eigenvalue weighted by Crippen LogP contribution is 2.40. The Labute approximate surface area is 345 Å². The van der Waals surface area contributed by atoms with Crippen molar-refractivity contribution >= 4 is 48.8 Å². The molecule has 1 heterocycles.